The van der Waals surface area contributed by atoms with E-state index in [1.807, 2.05) is 4.72 Å². The fourth-order valence-electron chi connectivity index (χ4n) is 2.37. The van der Waals surface area contributed by atoms with Crippen LogP contribution < -0.4 is 4.72 Å². The summed E-state index contributed by atoms with van der Waals surface area (Å²) in [4.78, 5) is 19.1. The first-order valence-corrected chi connectivity index (χ1v) is 9.66. The minimum Gasteiger partial charge on any atom is -0.337 e. The number of amides is 1. The van der Waals surface area contributed by atoms with Gasteiger partial charge in [0.15, 0.2) is 5.82 Å². The highest BCUT2D eigenvalue weighted by Crippen LogP contribution is 2.28. The third-order valence-corrected chi connectivity index (χ3v) is 5.74. The van der Waals surface area contributed by atoms with E-state index < -0.39 is 15.9 Å². The molecule has 0 radical (unpaired) electrons. The van der Waals surface area contributed by atoms with E-state index in [0.717, 1.165) is 0 Å². The van der Waals surface area contributed by atoms with Gasteiger partial charge in [-0.05, 0) is 25.1 Å². The number of H-pyrrole nitrogens is 1. The molecule has 0 aliphatic rings. The van der Waals surface area contributed by atoms with Crippen LogP contribution in [0.2, 0.25) is 10.0 Å². The van der Waals surface area contributed by atoms with Crippen molar-refractivity contribution >= 4 is 39.1 Å². The molecule has 0 unspecified atom stereocenters. The third kappa shape index (κ3) is 3.60. The van der Waals surface area contributed by atoms with Gasteiger partial charge in [-0.1, -0.05) is 53.5 Å². The number of carbonyl (C=O) groups excluding carboxylic acids is 1. The lowest BCUT2D eigenvalue weighted by molar-refractivity contribution is 0.0972. The molecule has 0 aliphatic heterocycles. The van der Waals surface area contributed by atoms with Crippen LogP contribution in [-0.4, -0.2) is 24.3 Å². The summed E-state index contributed by atoms with van der Waals surface area (Å²) in [6.45, 7) is 1.71. The topological polar surface area (TPSA) is 91.9 Å². The monoisotopic (exact) mass is 409 g/mol. The molecule has 3 aromatic rings. The Morgan fingerprint density at radius 2 is 1.65 bits per heavy atom. The molecule has 0 saturated heterocycles. The van der Waals surface area contributed by atoms with Crippen LogP contribution >= 0.6 is 23.2 Å². The van der Waals surface area contributed by atoms with Crippen molar-refractivity contribution in [3.8, 4) is 11.3 Å². The predicted octanol–water partition coefficient (Wildman–Crippen LogP) is 3.81. The average Bonchev–Trinajstić information content (AvgIpc) is 2.97. The van der Waals surface area contributed by atoms with Gasteiger partial charge in [0.2, 0.25) is 0 Å². The largest absolute Gasteiger partial charge is 0.337 e. The van der Waals surface area contributed by atoms with Crippen molar-refractivity contribution in [2.24, 2.45) is 0 Å². The minimum absolute atomic E-state index is 0.0141. The molecule has 0 spiro atoms. The summed E-state index contributed by atoms with van der Waals surface area (Å²) in [5, 5.41) is 0.484. The summed E-state index contributed by atoms with van der Waals surface area (Å²) in [7, 11) is -4.13. The van der Waals surface area contributed by atoms with Crippen molar-refractivity contribution in [1.29, 1.82) is 0 Å². The highest BCUT2D eigenvalue weighted by atomic mass is 35.5. The quantitative estimate of drug-likeness (QED) is 0.684. The van der Waals surface area contributed by atoms with Crippen molar-refractivity contribution in [2.45, 2.75) is 11.8 Å². The number of benzene rings is 2. The van der Waals surface area contributed by atoms with Gasteiger partial charge in [-0.2, -0.15) is 0 Å². The number of aryl methyl sites for hydroxylation is 1. The number of aromatic nitrogens is 2. The van der Waals surface area contributed by atoms with E-state index in [4.69, 9.17) is 23.2 Å². The Morgan fingerprint density at radius 3 is 2.31 bits per heavy atom. The Labute approximate surface area is 160 Å². The Kier molecular flexibility index (Phi) is 5.04. The predicted molar refractivity (Wildman–Crippen MR) is 99.9 cm³/mol. The summed E-state index contributed by atoms with van der Waals surface area (Å²) in [6.07, 6.45) is 0. The smallest absolute Gasteiger partial charge is 0.300 e. The number of carbonyl (C=O) groups is 1. The zero-order valence-corrected chi connectivity index (χ0v) is 15.8. The Hall–Kier alpha value is -2.35. The number of nitrogens with one attached hydrogen (secondary N) is 2. The molecule has 0 aliphatic carbocycles. The third-order valence-electron chi connectivity index (χ3n) is 3.58. The number of rotatable bonds is 4. The highest BCUT2D eigenvalue weighted by molar-refractivity contribution is 7.90. The van der Waals surface area contributed by atoms with Crippen LogP contribution in [0.4, 0.5) is 0 Å². The molecule has 3 rings (SSSR count). The fraction of sp³-hybridized carbons (Fsp3) is 0.0588. The molecule has 1 amide bonds. The van der Waals surface area contributed by atoms with Crippen LogP contribution in [0.3, 0.4) is 0 Å². The average molecular weight is 410 g/mol. The lowest BCUT2D eigenvalue weighted by Gasteiger charge is -2.06. The number of imidazole rings is 1. The van der Waals surface area contributed by atoms with E-state index >= 15 is 0 Å². The molecular weight excluding hydrogens is 397 g/mol. The van der Waals surface area contributed by atoms with Gasteiger partial charge in [0, 0.05) is 11.3 Å². The van der Waals surface area contributed by atoms with Gasteiger partial charge >= 0.3 is 5.91 Å². The van der Waals surface area contributed by atoms with Gasteiger partial charge in [-0.15, -0.1) is 0 Å². The minimum atomic E-state index is -4.13. The van der Waals surface area contributed by atoms with Gasteiger partial charge in [0.25, 0.3) is 10.0 Å². The van der Waals surface area contributed by atoms with E-state index in [1.165, 1.54) is 18.2 Å². The molecule has 0 fully saturated rings. The number of hydrogen-bond acceptors (Lipinski definition) is 4. The summed E-state index contributed by atoms with van der Waals surface area (Å²) in [5.41, 5.74) is 1.69. The molecular formula is C17H13Cl2N3O3S. The molecule has 0 saturated carbocycles. The van der Waals surface area contributed by atoms with Crippen LogP contribution in [0, 0.1) is 6.92 Å². The summed E-state index contributed by atoms with van der Waals surface area (Å²) in [6, 6.07) is 12.9. The molecule has 0 atom stereocenters. The number of aromatic amines is 1. The maximum Gasteiger partial charge on any atom is 0.300 e. The maximum absolute atomic E-state index is 12.4. The molecule has 0 bridgehead atoms. The van der Waals surface area contributed by atoms with Crippen molar-refractivity contribution in [2.75, 3.05) is 0 Å². The Bertz CT molecular complexity index is 1090. The van der Waals surface area contributed by atoms with Gasteiger partial charge in [-0.25, -0.2) is 18.1 Å². The van der Waals surface area contributed by atoms with Gasteiger partial charge in [0.1, 0.15) is 4.90 Å². The van der Waals surface area contributed by atoms with E-state index in [1.54, 1.807) is 37.3 Å². The molecule has 2 N–H and O–H groups in total. The number of sulfonamides is 1. The number of nitrogens with zero attached hydrogens (tertiary/aromatic N) is 1. The highest BCUT2D eigenvalue weighted by Gasteiger charge is 2.24. The van der Waals surface area contributed by atoms with Crippen molar-refractivity contribution in [3.63, 3.8) is 0 Å². The van der Waals surface area contributed by atoms with Crippen LogP contribution in [0.1, 0.15) is 16.3 Å². The van der Waals surface area contributed by atoms with Crippen molar-refractivity contribution < 1.29 is 13.2 Å². The molecule has 26 heavy (non-hydrogen) atoms. The second-order valence-electron chi connectivity index (χ2n) is 5.40. The van der Waals surface area contributed by atoms with E-state index in [0.29, 0.717) is 22.0 Å². The Balaban J connectivity index is 1.91. The van der Waals surface area contributed by atoms with Gasteiger partial charge in [-0.3, -0.25) is 4.79 Å². The second kappa shape index (κ2) is 7.11. The fourth-order valence-corrected chi connectivity index (χ4v) is 4.07. The molecule has 9 heteroatoms. The first-order valence-electron chi connectivity index (χ1n) is 7.43. The Morgan fingerprint density at radius 1 is 1.04 bits per heavy atom. The SMILES string of the molecule is Cc1[nH]c(C(=O)NS(=O)(=O)c2ccccc2Cl)nc1-c1ccccc1Cl. The molecule has 2 aromatic carbocycles. The summed E-state index contributed by atoms with van der Waals surface area (Å²) >= 11 is 12.1. The van der Waals surface area contributed by atoms with Crippen LogP contribution in [0.5, 0.6) is 0 Å². The first-order chi connectivity index (χ1) is 12.3. The van der Waals surface area contributed by atoms with E-state index in [-0.39, 0.29) is 15.7 Å². The lowest BCUT2D eigenvalue weighted by atomic mass is 10.1. The van der Waals surface area contributed by atoms with E-state index in [9.17, 15) is 13.2 Å². The van der Waals surface area contributed by atoms with Crippen LogP contribution in [0.15, 0.2) is 53.4 Å². The van der Waals surface area contributed by atoms with Crippen LogP contribution in [-0.2, 0) is 10.0 Å². The normalized spacial score (nSPS) is 11.3. The van der Waals surface area contributed by atoms with E-state index in [2.05, 4.69) is 9.97 Å². The maximum atomic E-state index is 12.4. The molecule has 1 aromatic heterocycles. The zero-order valence-electron chi connectivity index (χ0n) is 13.5. The number of halogens is 2. The number of hydrogen-bond donors (Lipinski definition) is 2. The second-order valence-corrected chi connectivity index (χ2v) is 7.87. The molecule has 6 nitrogen and oxygen atoms in total. The summed E-state index contributed by atoms with van der Waals surface area (Å²) < 4.78 is 26.7. The summed E-state index contributed by atoms with van der Waals surface area (Å²) in [5.74, 6) is -1.04. The van der Waals surface area contributed by atoms with Gasteiger partial charge in [0.05, 0.1) is 15.7 Å². The molecule has 134 valence electrons. The zero-order chi connectivity index (χ0) is 18.9. The standard InChI is InChI=1S/C17H13Cl2N3O3S/c1-10-15(11-6-2-3-7-12(11)18)21-16(20-10)17(23)22-26(24,25)14-9-5-4-8-13(14)19/h2-9H,1H3,(H,20,21)(H,22,23). The van der Waals surface area contributed by atoms with Gasteiger partial charge < -0.3 is 4.98 Å². The van der Waals surface area contributed by atoms with Crippen molar-refractivity contribution in [1.82, 2.24) is 14.7 Å². The van der Waals surface area contributed by atoms with Crippen LogP contribution in [0.25, 0.3) is 11.3 Å². The van der Waals surface area contributed by atoms with Crippen molar-refractivity contribution in [3.05, 3.63) is 70.1 Å². The lowest BCUT2D eigenvalue weighted by Crippen LogP contribution is -2.31. The molecule has 1 heterocycles. The first kappa shape index (κ1) is 18.4.